The molecule has 0 spiro atoms. The molecule has 92 valence electrons. The molecule has 2 heterocycles. The number of benzene rings is 1. The predicted octanol–water partition coefficient (Wildman–Crippen LogP) is 2.69. The standard InChI is InChI=1S/C11H5F3N2O2/c12-11(13,14)10-15-6-2-1-5-7(17)3-4-18-9(5)8(6)16-10/h1-4H,(H,15,16). The Morgan fingerprint density at radius 1 is 1.22 bits per heavy atom. The molecule has 18 heavy (non-hydrogen) atoms. The maximum Gasteiger partial charge on any atom is 0.449 e. The molecule has 0 bridgehead atoms. The van der Waals surface area contributed by atoms with Crippen molar-refractivity contribution in [2.75, 3.05) is 0 Å². The van der Waals surface area contributed by atoms with E-state index in [9.17, 15) is 18.0 Å². The van der Waals surface area contributed by atoms with Gasteiger partial charge in [-0.2, -0.15) is 13.2 Å². The van der Waals surface area contributed by atoms with Gasteiger partial charge in [-0.25, -0.2) is 4.98 Å². The van der Waals surface area contributed by atoms with Gasteiger partial charge in [-0.05, 0) is 12.1 Å². The highest BCUT2D eigenvalue weighted by molar-refractivity contribution is 6.00. The van der Waals surface area contributed by atoms with Gasteiger partial charge in [-0.15, -0.1) is 0 Å². The SMILES string of the molecule is O=c1ccoc2c1ccc1[nH]c(C(F)(F)F)nc12. The first-order valence-electron chi connectivity index (χ1n) is 4.94. The summed E-state index contributed by atoms with van der Waals surface area (Å²) < 4.78 is 42.6. The maximum atomic E-state index is 12.5. The summed E-state index contributed by atoms with van der Waals surface area (Å²) in [4.78, 5) is 17.1. The van der Waals surface area contributed by atoms with Gasteiger partial charge in [-0.1, -0.05) is 0 Å². The van der Waals surface area contributed by atoms with Crippen molar-refractivity contribution in [2.24, 2.45) is 0 Å². The van der Waals surface area contributed by atoms with Crippen molar-refractivity contribution in [1.82, 2.24) is 9.97 Å². The molecule has 0 radical (unpaired) electrons. The fourth-order valence-electron chi connectivity index (χ4n) is 1.75. The highest BCUT2D eigenvalue weighted by Crippen LogP contribution is 2.30. The smallest absolute Gasteiger partial charge is 0.449 e. The third-order valence-electron chi connectivity index (χ3n) is 2.55. The van der Waals surface area contributed by atoms with Gasteiger partial charge in [-0.3, -0.25) is 4.79 Å². The molecular weight excluding hydrogens is 249 g/mol. The second-order valence-corrected chi connectivity index (χ2v) is 3.71. The number of rotatable bonds is 0. The van der Waals surface area contributed by atoms with Crippen LogP contribution in [0.4, 0.5) is 13.2 Å². The Morgan fingerprint density at radius 3 is 2.72 bits per heavy atom. The molecule has 0 aliphatic carbocycles. The third-order valence-corrected chi connectivity index (χ3v) is 2.55. The van der Waals surface area contributed by atoms with Crippen molar-refractivity contribution in [3.63, 3.8) is 0 Å². The molecule has 0 saturated heterocycles. The Morgan fingerprint density at radius 2 is 2.00 bits per heavy atom. The van der Waals surface area contributed by atoms with Gasteiger partial charge in [0.1, 0.15) is 5.52 Å². The topological polar surface area (TPSA) is 58.9 Å². The van der Waals surface area contributed by atoms with E-state index in [1.54, 1.807) is 0 Å². The molecule has 4 nitrogen and oxygen atoms in total. The zero-order chi connectivity index (χ0) is 12.9. The minimum atomic E-state index is -4.57. The molecule has 3 aromatic rings. The van der Waals surface area contributed by atoms with Crippen LogP contribution in [0.2, 0.25) is 0 Å². The summed E-state index contributed by atoms with van der Waals surface area (Å²) in [6.45, 7) is 0. The number of aromatic nitrogens is 2. The van der Waals surface area contributed by atoms with E-state index in [1.165, 1.54) is 18.2 Å². The third kappa shape index (κ3) is 1.47. The fourth-order valence-corrected chi connectivity index (χ4v) is 1.75. The van der Waals surface area contributed by atoms with Crippen LogP contribution in [0.5, 0.6) is 0 Å². The molecule has 0 amide bonds. The molecule has 0 atom stereocenters. The molecule has 0 aliphatic heterocycles. The minimum absolute atomic E-state index is 0.00229. The first-order valence-corrected chi connectivity index (χ1v) is 4.94. The minimum Gasteiger partial charge on any atom is -0.462 e. The summed E-state index contributed by atoms with van der Waals surface area (Å²) in [5, 5.41) is 0.199. The zero-order valence-corrected chi connectivity index (χ0v) is 8.71. The van der Waals surface area contributed by atoms with Gasteiger partial charge < -0.3 is 9.40 Å². The van der Waals surface area contributed by atoms with E-state index < -0.39 is 12.0 Å². The van der Waals surface area contributed by atoms with Gasteiger partial charge in [0.15, 0.2) is 11.0 Å². The number of imidazole rings is 1. The molecular formula is C11H5F3N2O2. The summed E-state index contributed by atoms with van der Waals surface area (Å²) in [6.07, 6.45) is -3.44. The molecule has 1 N–H and O–H groups in total. The van der Waals surface area contributed by atoms with Crippen molar-refractivity contribution in [3.8, 4) is 0 Å². The Hall–Kier alpha value is -2.31. The lowest BCUT2D eigenvalue weighted by molar-refractivity contribution is -0.144. The average molecular weight is 254 g/mol. The Kier molecular flexibility index (Phi) is 2.01. The van der Waals surface area contributed by atoms with E-state index >= 15 is 0 Å². The molecule has 7 heteroatoms. The number of halogens is 3. The number of hydrogen-bond acceptors (Lipinski definition) is 3. The zero-order valence-electron chi connectivity index (χ0n) is 8.71. The van der Waals surface area contributed by atoms with E-state index in [1.807, 2.05) is 0 Å². The quantitative estimate of drug-likeness (QED) is 0.671. The van der Waals surface area contributed by atoms with Crippen LogP contribution in [0, 0.1) is 0 Å². The number of nitrogens with one attached hydrogen (secondary N) is 1. The first kappa shape index (κ1) is 10.8. The fraction of sp³-hybridized carbons (Fsp3) is 0.0909. The largest absolute Gasteiger partial charge is 0.462 e. The Labute approximate surface area is 97.1 Å². The molecule has 0 unspecified atom stereocenters. The summed E-state index contributed by atoms with van der Waals surface area (Å²) >= 11 is 0. The van der Waals surface area contributed by atoms with Crippen molar-refractivity contribution in [3.05, 3.63) is 40.5 Å². The van der Waals surface area contributed by atoms with Crippen LogP contribution in [0.25, 0.3) is 22.0 Å². The molecule has 0 saturated carbocycles. The molecule has 0 fully saturated rings. The Bertz CT molecular complexity index is 801. The van der Waals surface area contributed by atoms with Gasteiger partial charge in [0.2, 0.25) is 5.82 Å². The highest BCUT2D eigenvalue weighted by atomic mass is 19.4. The van der Waals surface area contributed by atoms with Gasteiger partial charge in [0, 0.05) is 6.07 Å². The lowest BCUT2D eigenvalue weighted by atomic mass is 10.2. The second-order valence-electron chi connectivity index (χ2n) is 3.71. The molecule has 2 aromatic heterocycles. The number of alkyl halides is 3. The van der Waals surface area contributed by atoms with Gasteiger partial charge in [0.25, 0.3) is 0 Å². The second kappa shape index (κ2) is 3.34. The van der Waals surface area contributed by atoms with E-state index in [2.05, 4.69) is 9.97 Å². The van der Waals surface area contributed by atoms with Crippen LogP contribution in [-0.4, -0.2) is 9.97 Å². The van der Waals surface area contributed by atoms with E-state index in [0.29, 0.717) is 0 Å². The monoisotopic (exact) mass is 254 g/mol. The van der Waals surface area contributed by atoms with Crippen LogP contribution in [0.3, 0.4) is 0 Å². The number of aromatic amines is 1. The van der Waals surface area contributed by atoms with Crippen LogP contribution in [-0.2, 0) is 6.18 Å². The number of hydrogen-bond donors (Lipinski definition) is 1. The van der Waals surface area contributed by atoms with Crippen molar-refractivity contribution >= 4 is 22.0 Å². The lowest BCUT2D eigenvalue weighted by Crippen LogP contribution is -2.06. The highest BCUT2D eigenvalue weighted by Gasteiger charge is 2.35. The van der Waals surface area contributed by atoms with Crippen molar-refractivity contribution in [2.45, 2.75) is 6.18 Å². The first-order chi connectivity index (χ1) is 8.47. The normalized spacial score (nSPS) is 12.4. The number of H-pyrrole nitrogens is 1. The van der Waals surface area contributed by atoms with E-state index in [-0.39, 0.29) is 27.4 Å². The maximum absolute atomic E-state index is 12.5. The summed E-state index contributed by atoms with van der Waals surface area (Å²) in [5.74, 6) is -1.11. The van der Waals surface area contributed by atoms with Crippen LogP contribution < -0.4 is 5.43 Å². The average Bonchev–Trinajstić information content (AvgIpc) is 2.73. The summed E-state index contributed by atoms with van der Waals surface area (Å²) in [7, 11) is 0. The van der Waals surface area contributed by atoms with Gasteiger partial charge in [0.05, 0.1) is 17.2 Å². The van der Waals surface area contributed by atoms with Crippen LogP contribution in [0.1, 0.15) is 5.82 Å². The molecule has 0 aliphatic rings. The van der Waals surface area contributed by atoms with Crippen molar-refractivity contribution < 1.29 is 17.6 Å². The predicted molar refractivity (Wildman–Crippen MR) is 57.1 cm³/mol. The Balaban J connectivity index is 2.45. The summed E-state index contributed by atoms with van der Waals surface area (Å²) in [6, 6.07) is 3.98. The van der Waals surface area contributed by atoms with Crippen LogP contribution in [0.15, 0.2) is 33.7 Å². The number of fused-ring (bicyclic) bond motifs is 3. The van der Waals surface area contributed by atoms with E-state index in [0.717, 1.165) is 6.26 Å². The lowest BCUT2D eigenvalue weighted by Gasteiger charge is -1.98. The molecule has 3 rings (SSSR count). The summed E-state index contributed by atoms with van der Waals surface area (Å²) in [5.41, 5.74) is -0.108. The van der Waals surface area contributed by atoms with E-state index in [4.69, 9.17) is 4.42 Å². The number of nitrogens with zero attached hydrogens (tertiary/aromatic N) is 1. The van der Waals surface area contributed by atoms with Crippen molar-refractivity contribution in [1.29, 1.82) is 0 Å². The molecule has 1 aromatic carbocycles. The van der Waals surface area contributed by atoms with Gasteiger partial charge >= 0.3 is 6.18 Å². The van der Waals surface area contributed by atoms with Crippen LogP contribution >= 0.6 is 0 Å².